The molecule has 2 rings (SSSR count). The second-order valence-electron chi connectivity index (χ2n) is 3.31. The van der Waals surface area contributed by atoms with Crippen LogP contribution in [0.15, 0.2) is 36.5 Å². The minimum Gasteiger partial charge on any atom is -0.269 e. The number of carbonyl (C=O) groups is 2. The maximum atomic E-state index is 11.4. The van der Waals surface area contributed by atoms with Crippen LogP contribution in [0.1, 0.15) is 18.7 Å². The third kappa shape index (κ3) is 1.66. The van der Waals surface area contributed by atoms with Crippen LogP contribution in [-0.2, 0) is 9.59 Å². The van der Waals surface area contributed by atoms with Crippen LogP contribution in [0.3, 0.4) is 0 Å². The number of pyridine rings is 1. The Morgan fingerprint density at radius 2 is 1.87 bits per heavy atom. The Kier molecular flexibility index (Phi) is 2.33. The minimum absolute atomic E-state index is 0.279. The molecule has 1 aliphatic heterocycles. The molecule has 76 valence electrons. The molecule has 1 aromatic rings. The highest BCUT2D eigenvalue weighted by Crippen LogP contribution is 2.21. The Hall–Kier alpha value is -1.97. The van der Waals surface area contributed by atoms with Gasteiger partial charge in [-0.25, -0.2) is 0 Å². The van der Waals surface area contributed by atoms with Gasteiger partial charge in [-0.15, -0.1) is 0 Å². The lowest BCUT2D eigenvalue weighted by atomic mass is 10.2. The maximum absolute atomic E-state index is 11.4. The lowest BCUT2D eigenvalue weighted by molar-refractivity contribution is -0.139. The van der Waals surface area contributed by atoms with Crippen LogP contribution in [0.25, 0.3) is 0 Å². The number of nitrogens with zero attached hydrogens (tertiary/aromatic N) is 2. The van der Waals surface area contributed by atoms with E-state index in [2.05, 4.69) is 4.98 Å². The molecule has 1 aromatic heterocycles. The molecule has 1 aliphatic rings. The molecule has 0 N–H and O–H groups in total. The van der Waals surface area contributed by atoms with Gasteiger partial charge in [0.1, 0.15) is 0 Å². The van der Waals surface area contributed by atoms with E-state index in [0.717, 1.165) is 0 Å². The first-order valence-electron chi connectivity index (χ1n) is 4.66. The van der Waals surface area contributed by atoms with Gasteiger partial charge in [0.15, 0.2) is 0 Å². The van der Waals surface area contributed by atoms with Gasteiger partial charge >= 0.3 is 0 Å². The van der Waals surface area contributed by atoms with Crippen LogP contribution < -0.4 is 0 Å². The number of imide groups is 1. The summed E-state index contributed by atoms with van der Waals surface area (Å²) < 4.78 is 0. The Bertz CT molecular complexity index is 407. The normalized spacial score (nSPS) is 17.3. The van der Waals surface area contributed by atoms with Gasteiger partial charge < -0.3 is 0 Å². The molecular weight excluding hydrogens is 192 g/mol. The van der Waals surface area contributed by atoms with Crippen LogP contribution in [0.2, 0.25) is 0 Å². The molecule has 0 saturated heterocycles. The Balaban J connectivity index is 2.26. The van der Waals surface area contributed by atoms with E-state index in [0.29, 0.717) is 5.69 Å². The number of hydrogen-bond donors (Lipinski definition) is 0. The SMILES string of the molecule is CC(c1ccccn1)N1C(=O)C=CC1=O. The highest BCUT2D eigenvalue weighted by molar-refractivity contribution is 6.13. The zero-order valence-corrected chi connectivity index (χ0v) is 8.25. The molecule has 0 aromatic carbocycles. The van der Waals surface area contributed by atoms with E-state index < -0.39 is 0 Å². The summed E-state index contributed by atoms with van der Waals surface area (Å²) in [5, 5.41) is 0. The fraction of sp³-hybridized carbons (Fsp3) is 0.182. The lowest BCUT2D eigenvalue weighted by Gasteiger charge is -2.21. The predicted octanol–water partition coefficient (Wildman–Crippen LogP) is 1.07. The summed E-state index contributed by atoms with van der Waals surface area (Å²) in [5.41, 5.74) is 0.711. The van der Waals surface area contributed by atoms with Crippen LogP contribution in [0.4, 0.5) is 0 Å². The average molecular weight is 202 g/mol. The number of carbonyl (C=O) groups excluding carboxylic acids is 2. The van der Waals surface area contributed by atoms with Crippen LogP contribution in [0, 0.1) is 0 Å². The average Bonchev–Trinajstić information content (AvgIpc) is 2.59. The molecule has 1 atom stereocenters. The van der Waals surface area contributed by atoms with Crippen molar-refractivity contribution in [1.29, 1.82) is 0 Å². The third-order valence-electron chi connectivity index (χ3n) is 2.35. The minimum atomic E-state index is -0.318. The maximum Gasteiger partial charge on any atom is 0.254 e. The summed E-state index contributed by atoms with van der Waals surface area (Å²) in [6.45, 7) is 1.78. The van der Waals surface area contributed by atoms with Crippen LogP contribution in [-0.4, -0.2) is 21.7 Å². The molecule has 0 bridgehead atoms. The van der Waals surface area contributed by atoms with Crippen molar-refractivity contribution in [3.63, 3.8) is 0 Å². The molecule has 0 saturated carbocycles. The predicted molar refractivity (Wildman–Crippen MR) is 53.6 cm³/mol. The quantitative estimate of drug-likeness (QED) is 0.674. The van der Waals surface area contributed by atoms with E-state index >= 15 is 0 Å². The van der Waals surface area contributed by atoms with Crippen molar-refractivity contribution < 1.29 is 9.59 Å². The third-order valence-corrected chi connectivity index (χ3v) is 2.35. The van der Waals surface area contributed by atoms with Gasteiger partial charge in [-0.1, -0.05) is 6.07 Å². The molecule has 2 heterocycles. The molecular formula is C11H10N2O2. The zero-order valence-electron chi connectivity index (χ0n) is 8.25. The van der Waals surface area contributed by atoms with E-state index in [1.54, 1.807) is 25.3 Å². The van der Waals surface area contributed by atoms with Gasteiger partial charge in [-0.3, -0.25) is 19.5 Å². The first-order chi connectivity index (χ1) is 7.20. The monoisotopic (exact) mass is 202 g/mol. The second-order valence-corrected chi connectivity index (χ2v) is 3.31. The van der Waals surface area contributed by atoms with E-state index in [1.807, 2.05) is 6.07 Å². The van der Waals surface area contributed by atoms with E-state index in [-0.39, 0.29) is 17.9 Å². The molecule has 0 aliphatic carbocycles. The van der Waals surface area contributed by atoms with Crippen molar-refractivity contribution in [2.45, 2.75) is 13.0 Å². The fourth-order valence-electron chi connectivity index (χ4n) is 1.55. The van der Waals surface area contributed by atoms with Crippen molar-refractivity contribution in [2.24, 2.45) is 0 Å². The molecule has 15 heavy (non-hydrogen) atoms. The largest absolute Gasteiger partial charge is 0.269 e. The van der Waals surface area contributed by atoms with Gasteiger partial charge in [0.25, 0.3) is 11.8 Å². The number of aromatic nitrogens is 1. The van der Waals surface area contributed by atoms with E-state index in [4.69, 9.17) is 0 Å². The summed E-state index contributed by atoms with van der Waals surface area (Å²) in [6.07, 6.45) is 4.20. The Labute approximate surface area is 87.2 Å². The topological polar surface area (TPSA) is 50.3 Å². The summed E-state index contributed by atoms with van der Waals surface area (Å²) in [6, 6.07) is 5.10. The first-order valence-corrected chi connectivity index (χ1v) is 4.66. The van der Waals surface area contributed by atoms with Crippen molar-refractivity contribution in [2.75, 3.05) is 0 Å². The summed E-state index contributed by atoms with van der Waals surface area (Å²) in [4.78, 5) is 28.1. The van der Waals surface area contributed by atoms with E-state index in [9.17, 15) is 9.59 Å². The Morgan fingerprint density at radius 3 is 2.40 bits per heavy atom. The molecule has 1 unspecified atom stereocenters. The van der Waals surface area contributed by atoms with Gasteiger partial charge in [-0.2, -0.15) is 0 Å². The molecule has 0 radical (unpaired) electrons. The lowest BCUT2D eigenvalue weighted by Crippen LogP contribution is -2.33. The zero-order chi connectivity index (χ0) is 10.8. The number of amides is 2. The van der Waals surface area contributed by atoms with Gasteiger partial charge in [0.05, 0.1) is 11.7 Å². The van der Waals surface area contributed by atoms with Gasteiger partial charge in [-0.05, 0) is 19.1 Å². The molecule has 0 spiro atoms. The summed E-state index contributed by atoms with van der Waals surface area (Å²) >= 11 is 0. The van der Waals surface area contributed by atoms with Crippen molar-refractivity contribution >= 4 is 11.8 Å². The first kappa shape index (κ1) is 9.58. The fourth-order valence-corrected chi connectivity index (χ4v) is 1.55. The molecule has 4 heteroatoms. The highest BCUT2D eigenvalue weighted by Gasteiger charge is 2.29. The standard InChI is InChI=1S/C11H10N2O2/c1-8(9-4-2-3-7-12-9)13-10(14)5-6-11(13)15/h2-8H,1H3. The number of hydrogen-bond acceptors (Lipinski definition) is 3. The Morgan fingerprint density at radius 1 is 1.20 bits per heavy atom. The van der Waals surface area contributed by atoms with Gasteiger partial charge in [0.2, 0.25) is 0 Å². The highest BCUT2D eigenvalue weighted by atomic mass is 16.2. The molecule has 0 fully saturated rings. The van der Waals surface area contributed by atoms with Crippen LogP contribution in [0.5, 0.6) is 0 Å². The van der Waals surface area contributed by atoms with Crippen molar-refractivity contribution in [3.8, 4) is 0 Å². The van der Waals surface area contributed by atoms with Crippen molar-refractivity contribution in [1.82, 2.24) is 9.88 Å². The van der Waals surface area contributed by atoms with Gasteiger partial charge in [0, 0.05) is 18.3 Å². The van der Waals surface area contributed by atoms with E-state index in [1.165, 1.54) is 17.1 Å². The van der Waals surface area contributed by atoms with Crippen molar-refractivity contribution in [3.05, 3.63) is 42.2 Å². The molecule has 4 nitrogen and oxygen atoms in total. The van der Waals surface area contributed by atoms with Crippen LogP contribution >= 0.6 is 0 Å². The molecule has 2 amide bonds. The number of rotatable bonds is 2. The second kappa shape index (κ2) is 3.65. The summed E-state index contributed by atoms with van der Waals surface area (Å²) in [7, 11) is 0. The smallest absolute Gasteiger partial charge is 0.254 e. The summed E-state index contributed by atoms with van der Waals surface area (Å²) in [5.74, 6) is -0.559.